The fraction of sp³-hybridized carbons (Fsp3) is 0.200. The minimum absolute atomic E-state index is 0.211. The summed E-state index contributed by atoms with van der Waals surface area (Å²) in [6.07, 6.45) is 0.543. The lowest BCUT2D eigenvalue weighted by atomic mass is 10.1. The third-order valence-corrected chi connectivity index (χ3v) is 1.69. The molecule has 1 rings (SSSR count). The first kappa shape index (κ1) is 10.5. The fourth-order valence-electron chi connectivity index (χ4n) is 1.02. The van der Waals surface area contributed by atoms with E-state index in [1.54, 1.807) is 0 Å². The van der Waals surface area contributed by atoms with Crippen LogP contribution in [0.5, 0.6) is 5.75 Å². The van der Waals surface area contributed by atoms with Gasteiger partial charge in [0.05, 0.1) is 12.7 Å². The number of methoxy groups -OCH3 is 1. The molecule has 0 N–H and O–H groups in total. The van der Waals surface area contributed by atoms with Gasteiger partial charge in [-0.05, 0) is 18.2 Å². The highest BCUT2D eigenvalue weighted by Crippen LogP contribution is 2.33. The van der Waals surface area contributed by atoms with E-state index in [-0.39, 0.29) is 5.56 Å². The van der Waals surface area contributed by atoms with Crippen molar-refractivity contribution in [3.8, 4) is 18.1 Å². The summed E-state index contributed by atoms with van der Waals surface area (Å²) in [7, 11) is 1.36. The van der Waals surface area contributed by atoms with Crippen molar-refractivity contribution in [2.24, 2.45) is 0 Å². The molecule has 0 aliphatic rings. The molecule has 0 bridgehead atoms. The maximum atomic E-state index is 12.3. The Morgan fingerprint density at radius 1 is 1.36 bits per heavy atom. The van der Waals surface area contributed by atoms with E-state index >= 15 is 0 Å². The van der Waals surface area contributed by atoms with Crippen LogP contribution in [0.4, 0.5) is 13.2 Å². The standard InChI is InChI=1S/C10H7F3O/c1-3-7-6-8(14-2)4-5-9(7)10(11,12)13/h1,4-6H,2H3. The van der Waals surface area contributed by atoms with Crippen molar-refractivity contribution in [2.45, 2.75) is 6.18 Å². The summed E-state index contributed by atoms with van der Waals surface area (Å²) in [5, 5.41) is 0. The molecule has 0 fully saturated rings. The van der Waals surface area contributed by atoms with Gasteiger partial charge in [-0.15, -0.1) is 6.42 Å². The molecular formula is C10H7F3O. The van der Waals surface area contributed by atoms with Crippen LogP contribution < -0.4 is 4.74 Å². The van der Waals surface area contributed by atoms with Gasteiger partial charge in [-0.3, -0.25) is 0 Å². The molecule has 4 heteroatoms. The van der Waals surface area contributed by atoms with Gasteiger partial charge < -0.3 is 4.74 Å². The highest BCUT2D eigenvalue weighted by Gasteiger charge is 2.33. The first-order valence-electron chi connectivity index (χ1n) is 3.71. The van der Waals surface area contributed by atoms with Gasteiger partial charge in [0.25, 0.3) is 0 Å². The van der Waals surface area contributed by atoms with Crippen LogP contribution in [0.2, 0.25) is 0 Å². The van der Waals surface area contributed by atoms with E-state index in [2.05, 4.69) is 0 Å². The number of hydrogen-bond acceptors (Lipinski definition) is 1. The molecule has 1 nitrogen and oxygen atoms in total. The second-order valence-electron chi connectivity index (χ2n) is 2.55. The molecule has 0 heterocycles. The molecule has 0 amide bonds. The van der Waals surface area contributed by atoms with Gasteiger partial charge in [0.1, 0.15) is 5.75 Å². The van der Waals surface area contributed by atoms with E-state index in [0.717, 1.165) is 6.07 Å². The summed E-state index contributed by atoms with van der Waals surface area (Å²) in [4.78, 5) is 0. The van der Waals surface area contributed by atoms with E-state index in [1.807, 2.05) is 5.92 Å². The van der Waals surface area contributed by atoms with E-state index < -0.39 is 11.7 Å². The van der Waals surface area contributed by atoms with E-state index in [9.17, 15) is 13.2 Å². The molecule has 0 saturated carbocycles. The molecule has 0 spiro atoms. The van der Waals surface area contributed by atoms with Crippen LogP contribution in [-0.2, 0) is 6.18 Å². The van der Waals surface area contributed by atoms with Gasteiger partial charge in [-0.2, -0.15) is 13.2 Å². The van der Waals surface area contributed by atoms with Crippen molar-refractivity contribution in [2.75, 3.05) is 7.11 Å². The minimum atomic E-state index is -4.42. The molecule has 1 aromatic carbocycles. The highest BCUT2D eigenvalue weighted by atomic mass is 19.4. The van der Waals surface area contributed by atoms with Crippen LogP contribution in [0, 0.1) is 12.3 Å². The lowest BCUT2D eigenvalue weighted by Gasteiger charge is -2.10. The Labute approximate surface area is 79.5 Å². The SMILES string of the molecule is C#Cc1cc(OC)ccc1C(F)(F)F. The Bertz CT molecular complexity index is 374. The lowest BCUT2D eigenvalue weighted by molar-refractivity contribution is -0.137. The smallest absolute Gasteiger partial charge is 0.417 e. The van der Waals surface area contributed by atoms with Gasteiger partial charge in [0.15, 0.2) is 0 Å². The molecule has 0 aromatic heterocycles. The van der Waals surface area contributed by atoms with Crippen molar-refractivity contribution in [3.63, 3.8) is 0 Å². The molecule has 0 saturated heterocycles. The third kappa shape index (κ3) is 1.99. The Morgan fingerprint density at radius 3 is 2.43 bits per heavy atom. The summed E-state index contributed by atoms with van der Waals surface area (Å²) in [6.45, 7) is 0. The van der Waals surface area contributed by atoms with Crippen molar-refractivity contribution < 1.29 is 17.9 Å². The fourth-order valence-corrected chi connectivity index (χ4v) is 1.02. The van der Waals surface area contributed by atoms with Crippen molar-refractivity contribution in [3.05, 3.63) is 29.3 Å². The zero-order valence-electron chi connectivity index (χ0n) is 7.35. The summed E-state index contributed by atoms with van der Waals surface area (Å²) in [5.74, 6) is 2.29. The topological polar surface area (TPSA) is 9.23 Å². The molecule has 0 radical (unpaired) electrons. The monoisotopic (exact) mass is 200 g/mol. The van der Waals surface area contributed by atoms with Crippen LogP contribution in [-0.4, -0.2) is 7.11 Å². The number of halogens is 3. The van der Waals surface area contributed by atoms with Crippen LogP contribution in [0.3, 0.4) is 0 Å². The summed E-state index contributed by atoms with van der Waals surface area (Å²) >= 11 is 0. The molecule has 0 aliphatic heterocycles. The Morgan fingerprint density at radius 2 is 2.00 bits per heavy atom. The molecule has 14 heavy (non-hydrogen) atoms. The highest BCUT2D eigenvalue weighted by molar-refractivity contribution is 5.46. The molecular weight excluding hydrogens is 193 g/mol. The predicted molar refractivity (Wildman–Crippen MR) is 45.9 cm³/mol. The van der Waals surface area contributed by atoms with Crippen LogP contribution in [0.15, 0.2) is 18.2 Å². The lowest BCUT2D eigenvalue weighted by Crippen LogP contribution is -2.07. The first-order chi connectivity index (χ1) is 6.49. The molecule has 0 aliphatic carbocycles. The van der Waals surface area contributed by atoms with Gasteiger partial charge in [-0.1, -0.05) is 5.92 Å². The van der Waals surface area contributed by atoms with Crippen LogP contribution in [0.25, 0.3) is 0 Å². The van der Waals surface area contributed by atoms with Crippen LogP contribution in [0.1, 0.15) is 11.1 Å². The van der Waals surface area contributed by atoms with Crippen molar-refractivity contribution in [1.29, 1.82) is 0 Å². The molecule has 74 valence electrons. The second-order valence-corrected chi connectivity index (χ2v) is 2.55. The number of rotatable bonds is 1. The van der Waals surface area contributed by atoms with Gasteiger partial charge >= 0.3 is 6.18 Å². The van der Waals surface area contributed by atoms with E-state index in [4.69, 9.17) is 11.2 Å². The average Bonchev–Trinajstić information content (AvgIpc) is 2.15. The number of hydrogen-bond donors (Lipinski definition) is 0. The summed E-state index contributed by atoms with van der Waals surface area (Å²) < 4.78 is 41.8. The largest absolute Gasteiger partial charge is 0.497 e. The average molecular weight is 200 g/mol. The Kier molecular flexibility index (Phi) is 2.70. The zero-order chi connectivity index (χ0) is 10.8. The summed E-state index contributed by atoms with van der Waals surface area (Å²) in [6, 6.07) is 3.32. The normalized spacial score (nSPS) is 10.8. The molecule has 0 unspecified atom stereocenters. The van der Waals surface area contributed by atoms with Crippen molar-refractivity contribution in [1.82, 2.24) is 0 Å². The maximum Gasteiger partial charge on any atom is 0.417 e. The number of ether oxygens (including phenoxy) is 1. The second kappa shape index (κ2) is 3.62. The number of alkyl halides is 3. The minimum Gasteiger partial charge on any atom is -0.497 e. The Balaban J connectivity index is 3.28. The first-order valence-corrected chi connectivity index (χ1v) is 3.71. The van der Waals surface area contributed by atoms with Gasteiger partial charge in [0.2, 0.25) is 0 Å². The summed E-state index contributed by atoms with van der Waals surface area (Å²) in [5.41, 5.74) is -1.03. The van der Waals surface area contributed by atoms with E-state index in [0.29, 0.717) is 5.75 Å². The molecule has 1 aromatic rings. The van der Waals surface area contributed by atoms with Crippen LogP contribution >= 0.6 is 0 Å². The predicted octanol–water partition coefficient (Wildman–Crippen LogP) is 2.70. The van der Waals surface area contributed by atoms with E-state index in [1.165, 1.54) is 19.2 Å². The number of terminal acetylenes is 1. The van der Waals surface area contributed by atoms with Crippen molar-refractivity contribution >= 4 is 0 Å². The zero-order valence-corrected chi connectivity index (χ0v) is 7.35. The number of benzene rings is 1. The van der Waals surface area contributed by atoms with Gasteiger partial charge in [0, 0.05) is 5.56 Å². The maximum absolute atomic E-state index is 12.3. The third-order valence-electron chi connectivity index (χ3n) is 1.69. The van der Waals surface area contributed by atoms with Gasteiger partial charge in [-0.25, -0.2) is 0 Å². The Hall–Kier alpha value is -1.63. The molecule has 0 atom stereocenters. The quantitative estimate of drug-likeness (QED) is 0.633.